The van der Waals surface area contributed by atoms with Crippen LogP contribution in [0.3, 0.4) is 0 Å². The third kappa shape index (κ3) is 5.17. The number of benzene rings is 2. The highest BCUT2D eigenvalue weighted by atomic mass is 16.1. The number of rotatable bonds is 6. The minimum atomic E-state index is -0.404. The van der Waals surface area contributed by atoms with Gasteiger partial charge in [-0.1, -0.05) is 87.5 Å². The maximum atomic E-state index is 13.2. The Hall–Kier alpha value is -3.01. The molecule has 0 radical (unpaired) electrons. The molecule has 2 aromatic carbocycles. The van der Waals surface area contributed by atoms with Crippen molar-refractivity contribution in [2.75, 3.05) is 0 Å². The lowest BCUT2D eigenvalue weighted by atomic mass is 9.72. The van der Waals surface area contributed by atoms with Crippen molar-refractivity contribution in [1.29, 1.82) is 5.41 Å². The molecule has 0 amide bonds. The maximum absolute atomic E-state index is 13.2. The van der Waals surface area contributed by atoms with E-state index in [1.165, 1.54) is 5.56 Å². The second-order valence-electron chi connectivity index (χ2n) is 11.2. The monoisotopic (exact) mass is 470 g/mol. The van der Waals surface area contributed by atoms with Gasteiger partial charge in [-0.25, -0.2) is 0 Å². The van der Waals surface area contributed by atoms with Gasteiger partial charge in [-0.15, -0.1) is 0 Å². The molecule has 1 heterocycles. The largest absolute Gasteiger partial charge is 0.368 e. The molecule has 2 unspecified atom stereocenters. The number of piperidine rings is 1. The predicted octanol–water partition coefficient (Wildman–Crippen LogP) is 6.54. The van der Waals surface area contributed by atoms with Crippen molar-refractivity contribution in [2.45, 2.75) is 76.7 Å². The number of ketones is 2. The number of Topliss-reactive ketones (excluding diaryl/α,β-unsaturated/α-hetero) is 2. The van der Waals surface area contributed by atoms with E-state index in [0.717, 1.165) is 23.1 Å². The van der Waals surface area contributed by atoms with Crippen LogP contribution in [0.5, 0.6) is 0 Å². The molecule has 1 aliphatic carbocycles. The molecule has 2 fully saturated rings. The van der Waals surface area contributed by atoms with E-state index in [1.54, 1.807) is 0 Å². The summed E-state index contributed by atoms with van der Waals surface area (Å²) in [6.45, 7) is 12.6. The summed E-state index contributed by atoms with van der Waals surface area (Å²) < 4.78 is 0. The first-order valence-corrected chi connectivity index (χ1v) is 12.8. The topological polar surface area (TPSA) is 70.0 Å². The summed E-state index contributed by atoms with van der Waals surface area (Å²) >= 11 is 0. The van der Waals surface area contributed by atoms with Gasteiger partial charge in [-0.2, -0.15) is 0 Å². The molecular weight excluding hydrogens is 432 g/mol. The van der Waals surface area contributed by atoms with Gasteiger partial charge in [-0.3, -0.25) is 15.0 Å². The van der Waals surface area contributed by atoms with Crippen LogP contribution in [0, 0.1) is 17.2 Å². The fourth-order valence-corrected chi connectivity index (χ4v) is 5.69. The Balaban J connectivity index is 1.47. The highest BCUT2D eigenvalue weighted by Gasteiger charge is 2.42. The molecule has 2 aromatic rings. The van der Waals surface area contributed by atoms with Crippen LogP contribution in [0.2, 0.25) is 0 Å². The van der Waals surface area contributed by atoms with Crippen LogP contribution in [0.4, 0.5) is 0 Å². The average molecular weight is 471 g/mol. The fraction of sp³-hybridized carbons (Fsp3) is 0.452. The number of carbonyl (C=O) groups excluding carboxylic acids is 2. The molecule has 2 aliphatic rings. The summed E-state index contributed by atoms with van der Waals surface area (Å²) in [5, 5.41) is 11.9. The van der Waals surface area contributed by atoms with Gasteiger partial charge < -0.3 is 5.32 Å². The van der Waals surface area contributed by atoms with E-state index >= 15 is 0 Å². The Bertz CT molecular complexity index is 1100. The zero-order valence-corrected chi connectivity index (χ0v) is 21.4. The average Bonchev–Trinajstić information content (AvgIpc) is 2.81. The second-order valence-corrected chi connectivity index (χ2v) is 11.2. The Morgan fingerprint density at radius 1 is 1.00 bits per heavy atom. The van der Waals surface area contributed by atoms with Crippen LogP contribution in [-0.4, -0.2) is 22.9 Å². The molecule has 2 N–H and O–H groups in total. The molecule has 4 nitrogen and oxygen atoms in total. The van der Waals surface area contributed by atoms with E-state index in [-0.39, 0.29) is 40.8 Å². The maximum Gasteiger partial charge on any atom is 0.145 e. The van der Waals surface area contributed by atoms with Gasteiger partial charge >= 0.3 is 0 Å². The molecule has 184 valence electrons. The number of amidine groups is 1. The molecule has 4 rings (SSSR count). The SMILES string of the molecule is C=C1C[C@H](c2ccccc2)CC(=O)C1c1cccc([C@@H](C)CC2C(=N)N[C@](C)(C(C)C)CC2=O)c1. The molecule has 1 saturated carbocycles. The molecule has 1 aliphatic heterocycles. The van der Waals surface area contributed by atoms with Crippen LogP contribution in [0.25, 0.3) is 0 Å². The van der Waals surface area contributed by atoms with Crippen LogP contribution < -0.4 is 5.32 Å². The Labute approximate surface area is 209 Å². The molecular formula is C31H38N2O2. The van der Waals surface area contributed by atoms with E-state index in [0.29, 0.717) is 25.1 Å². The van der Waals surface area contributed by atoms with Gasteiger partial charge in [-0.05, 0) is 54.2 Å². The quantitative estimate of drug-likeness (QED) is 0.471. The van der Waals surface area contributed by atoms with Crippen molar-refractivity contribution in [3.63, 3.8) is 0 Å². The molecule has 0 spiro atoms. The third-order valence-electron chi connectivity index (χ3n) is 8.33. The summed E-state index contributed by atoms with van der Waals surface area (Å²) in [6, 6.07) is 18.4. The second kappa shape index (κ2) is 9.93. The highest BCUT2D eigenvalue weighted by molar-refractivity contribution is 6.05. The summed E-state index contributed by atoms with van der Waals surface area (Å²) in [5.74, 6) is 0.591. The van der Waals surface area contributed by atoms with Crippen LogP contribution in [0.1, 0.15) is 87.8 Å². The molecule has 0 bridgehead atoms. The molecule has 0 aromatic heterocycles. The van der Waals surface area contributed by atoms with Gasteiger partial charge in [0.2, 0.25) is 0 Å². The van der Waals surface area contributed by atoms with Crippen LogP contribution >= 0.6 is 0 Å². The fourth-order valence-electron chi connectivity index (χ4n) is 5.69. The molecule has 35 heavy (non-hydrogen) atoms. The number of hydrogen-bond acceptors (Lipinski definition) is 3. The summed E-state index contributed by atoms with van der Waals surface area (Å²) in [7, 11) is 0. The lowest BCUT2D eigenvalue weighted by molar-refractivity contribution is -0.124. The van der Waals surface area contributed by atoms with Gasteiger partial charge in [0.1, 0.15) is 17.4 Å². The van der Waals surface area contributed by atoms with Crippen molar-refractivity contribution in [3.05, 3.63) is 83.4 Å². The summed E-state index contributed by atoms with van der Waals surface area (Å²) in [4.78, 5) is 26.2. The standard InChI is InChI=1S/C31H38N2O2/c1-19(2)31(5)18-28(35)26(30(32)33-31)15-20(3)23-12-9-13-24(16-23)29-21(4)14-25(17-27(29)34)22-10-7-6-8-11-22/h6-13,16,19-20,25-26,29H,4,14-15,17-18H2,1-3,5H3,(H2,32,33)/t20-,25-,26?,29?,31-/m0/s1. The molecule has 1 saturated heterocycles. The van der Waals surface area contributed by atoms with E-state index in [2.05, 4.69) is 56.9 Å². The summed E-state index contributed by atoms with van der Waals surface area (Å²) in [5.41, 5.74) is 3.91. The third-order valence-corrected chi connectivity index (χ3v) is 8.33. The van der Waals surface area contributed by atoms with Gasteiger partial charge in [0, 0.05) is 18.4 Å². The Morgan fingerprint density at radius 2 is 1.69 bits per heavy atom. The number of allylic oxidation sites excluding steroid dienone is 1. The predicted molar refractivity (Wildman–Crippen MR) is 142 cm³/mol. The lowest BCUT2D eigenvalue weighted by Crippen LogP contribution is -2.59. The van der Waals surface area contributed by atoms with E-state index < -0.39 is 5.92 Å². The molecule has 5 atom stereocenters. The van der Waals surface area contributed by atoms with Crippen molar-refractivity contribution in [2.24, 2.45) is 11.8 Å². The van der Waals surface area contributed by atoms with Crippen molar-refractivity contribution >= 4 is 17.4 Å². The van der Waals surface area contributed by atoms with Crippen molar-refractivity contribution < 1.29 is 9.59 Å². The lowest BCUT2D eigenvalue weighted by Gasteiger charge is -2.42. The highest BCUT2D eigenvalue weighted by Crippen LogP contribution is 2.42. The van der Waals surface area contributed by atoms with E-state index in [1.807, 2.05) is 37.3 Å². The minimum absolute atomic E-state index is 0.0958. The van der Waals surface area contributed by atoms with Crippen LogP contribution in [-0.2, 0) is 9.59 Å². The smallest absolute Gasteiger partial charge is 0.145 e. The van der Waals surface area contributed by atoms with E-state index in [4.69, 9.17) is 5.41 Å². The Kier molecular flexibility index (Phi) is 7.12. The zero-order chi connectivity index (χ0) is 25.3. The van der Waals surface area contributed by atoms with Crippen LogP contribution in [0.15, 0.2) is 66.7 Å². The van der Waals surface area contributed by atoms with Crippen molar-refractivity contribution in [1.82, 2.24) is 5.32 Å². The number of hydrogen-bond donors (Lipinski definition) is 2. The van der Waals surface area contributed by atoms with Gasteiger partial charge in [0.05, 0.1) is 11.8 Å². The van der Waals surface area contributed by atoms with Gasteiger partial charge in [0.25, 0.3) is 0 Å². The van der Waals surface area contributed by atoms with Crippen molar-refractivity contribution in [3.8, 4) is 0 Å². The number of nitrogens with one attached hydrogen (secondary N) is 2. The molecule has 4 heteroatoms. The first kappa shape index (κ1) is 25.1. The zero-order valence-electron chi connectivity index (χ0n) is 21.4. The normalized spacial score (nSPS) is 28.2. The summed E-state index contributed by atoms with van der Waals surface area (Å²) in [6.07, 6.45) is 2.39. The first-order chi connectivity index (χ1) is 16.6. The minimum Gasteiger partial charge on any atom is -0.368 e. The Morgan fingerprint density at radius 3 is 2.31 bits per heavy atom. The van der Waals surface area contributed by atoms with E-state index in [9.17, 15) is 9.59 Å². The number of carbonyl (C=O) groups is 2. The first-order valence-electron chi connectivity index (χ1n) is 12.8. The van der Waals surface area contributed by atoms with Gasteiger partial charge in [0.15, 0.2) is 0 Å².